The first-order valence-electron chi connectivity index (χ1n) is 6.32. The lowest BCUT2D eigenvalue weighted by Gasteiger charge is -2.18. The summed E-state index contributed by atoms with van der Waals surface area (Å²) in [4.78, 5) is 15.2. The number of ether oxygens (including phenoxy) is 1. The summed E-state index contributed by atoms with van der Waals surface area (Å²) in [6, 6.07) is 12.8. The Morgan fingerprint density at radius 1 is 1.19 bits per heavy atom. The second-order valence-electron chi connectivity index (χ2n) is 4.41. The highest BCUT2D eigenvalue weighted by Crippen LogP contribution is 2.26. The summed E-state index contributed by atoms with van der Waals surface area (Å²) in [6.07, 6.45) is 1.96. The van der Waals surface area contributed by atoms with Gasteiger partial charge in [-0.1, -0.05) is 11.6 Å². The fraction of sp³-hybridized carbons (Fsp3) is 0.188. The van der Waals surface area contributed by atoms with E-state index >= 15 is 0 Å². The molecule has 110 valence electrons. The van der Waals surface area contributed by atoms with Gasteiger partial charge in [0.15, 0.2) is 0 Å². The van der Waals surface area contributed by atoms with E-state index in [1.807, 2.05) is 42.7 Å². The highest BCUT2D eigenvalue weighted by molar-refractivity contribution is 7.98. The van der Waals surface area contributed by atoms with Gasteiger partial charge < -0.3 is 9.64 Å². The molecule has 0 atom stereocenters. The van der Waals surface area contributed by atoms with Crippen molar-refractivity contribution in [3.63, 3.8) is 0 Å². The van der Waals surface area contributed by atoms with Crippen LogP contribution in [0, 0.1) is 0 Å². The third kappa shape index (κ3) is 3.52. The van der Waals surface area contributed by atoms with Crippen LogP contribution in [-0.2, 0) is 0 Å². The van der Waals surface area contributed by atoms with Crippen molar-refractivity contribution in [3.8, 4) is 5.75 Å². The highest BCUT2D eigenvalue weighted by Gasteiger charge is 2.17. The summed E-state index contributed by atoms with van der Waals surface area (Å²) in [7, 11) is 3.34. The molecule has 21 heavy (non-hydrogen) atoms. The van der Waals surface area contributed by atoms with E-state index in [2.05, 4.69) is 0 Å². The Labute approximate surface area is 133 Å². The number of thioether (sulfide) groups is 1. The smallest absolute Gasteiger partial charge is 0.259 e. The number of amides is 1. The topological polar surface area (TPSA) is 29.5 Å². The highest BCUT2D eigenvalue weighted by atomic mass is 35.5. The van der Waals surface area contributed by atoms with E-state index in [-0.39, 0.29) is 5.91 Å². The molecule has 0 saturated carbocycles. The summed E-state index contributed by atoms with van der Waals surface area (Å²) in [6.45, 7) is 0. The lowest BCUT2D eigenvalue weighted by molar-refractivity contribution is 0.0993. The average molecular weight is 322 g/mol. The van der Waals surface area contributed by atoms with Crippen LogP contribution in [-0.4, -0.2) is 26.3 Å². The van der Waals surface area contributed by atoms with Gasteiger partial charge in [0.05, 0.1) is 17.7 Å². The molecule has 0 unspecified atom stereocenters. The number of hydrogen-bond acceptors (Lipinski definition) is 3. The van der Waals surface area contributed by atoms with Crippen molar-refractivity contribution in [1.82, 2.24) is 0 Å². The van der Waals surface area contributed by atoms with Crippen molar-refractivity contribution in [3.05, 3.63) is 53.1 Å². The lowest BCUT2D eigenvalue weighted by atomic mass is 10.2. The first kappa shape index (κ1) is 15.7. The lowest BCUT2D eigenvalue weighted by Crippen LogP contribution is -2.26. The maximum absolute atomic E-state index is 12.6. The number of halogens is 1. The van der Waals surface area contributed by atoms with Crippen molar-refractivity contribution in [2.75, 3.05) is 25.3 Å². The Hall–Kier alpha value is -1.65. The van der Waals surface area contributed by atoms with E-state index in [1.54, 1.807) is 36.9 Å². The van der Waals surface area contributed by atoms with E-state index in [0.29, 0.717) is 10.6 Å². The number of methoxy groups -OCH3 is 1. The Bertz CT molecular complexity index is 643. The van der Waals surface area contributed by atoms with E-state index in [9.17, 15) is 4.79 Å². The van der Waals surface area contributed by atoms with Gasteiger partial charge in [-0.25, -0.2) is 0 Å². The van der Waals surface area contributed by atoms with Gasteiger partial charge in [-0.15, -0.1) is 11.8 Å². The zero-order valence-corrected chi connectivity index (χ0v) is 13.7. The normalized spacial score (nSPS) is 10.3. The predicted octanol–water partition coefficient (Wildman–Crippen LogP) is 4.35. The second kappa shape index (κ2) is 6.87. The number of rotatable bonds is 4. The molecule has 0 aliphatic carbocycles. The van der Waals surface area contributed by atoms with E-state index in [1.165, 1.54) is 0 Å². The molecular weight excluding hydrogens is 306 g/mol. The Morgan fingerprint density at radius 3 is 2.43 bits per heavy atom. The van der Waals surface area contributed by atoms with Gasteiger partial charge in [-0.2, -0.15) is 0 Å². The van der Waals surface area contributed by atoms with Crippen LogP contribution in [0.15, 0.2) is 47.4 Å². The van der Waals surface area contributed by atoms with Gasteiger partial charge in [0.1, 0.15) is 5.75 Å². The number of carbonyl (C=O) groups excluding carboxylic acids is 1. The molecule has 3 nitrogen and oxygen atoms in total. The molecule has 0 aliphatic heterocycles. The number of nitrogens with zero attached hydrogens (tertiary/aromatic N) is 1. The van der Waals surface area contributed by atoms with E-state index in [0.717, 1.165) is 16.3 Å². The van der Waals surface area contributed by atoms with Gasteiger partial charge in [-0.3, -0.25) is 4.79 Å². The maximum atomic E-state index is 12.6. The van der Waals surface area contributed by atoms with Gasteiger partial charge in [0.2, 0.25) is 0 Å². The Balaban J connectivity index is 2.29. The summed E-state index contributed by atoms with van der Waals surface area (Å²) in [5.41, 5.74) is 1.29. The largest absolute Gasteiger partial charge is 0.497 e. The first-order valence-corrected chi connectivity index (χ1v) is 7.92. The molecule has 0 N–H and O–H groups in total. The van der Waals surface area contributed by atoms with Gasteiger partial charge >= 0.3 is 0 Å². The van der Waals surface area contributed by atoms with Crippen LogP contribution in [0.5, 0.6) is 5.75 Å². The Morgan fingerprint density at radius 2 is 1.86 bits per heavy atom. The molecule has 2 rings (SSSR count). The molecular formula is C16H16ClNO2S. The SMILES string of the molecule is COc1ccc(N(C)C(=O)c2cc(SC)ccc2Cl)cc1. The van der Waals surface area contributed by atoms with Crippen LogP contribution in [0.2, 0.25) is 5.02 Å². The minimum atomic E-state index is -0.138. The van der Waals surface area contributed by atoms with Crippen molar-refractivity contribution in [2.24, 2.45) is 0 Å². The summed E-state index contributed by atoms with van der Waals surface area (Å²) in [5.74, 6) is 0.614. The van der Waals surface area contributed by atoms with Crippen LogP contribution in [0.4, 0.5) is 5.69 Å². The molecule has 0 bridgehead atoms. The van der Waals surface area contributed by atoms with Gasteiger partial charge in [-0.05, 0) is 48.7 Å². The number of carbonyl (C=O) groups is 1. The monoisotopic (exact) mass is 321 g/mol. The molecule has 0 saturated heterocycles. The Kier molecular flexibility index (Phi) is 5.15. The number of anilines is 1. The standard InChI is InChI=1S/C16H16ClNO2S/c1-18(11-4-6-12(20-2)7-5-11)16(19)14-10-13(21-3)8-9-15(14)17/h4-10H,1-3H3. The fourth-order valence-corrected chi connectivity index (χ4v) is 2.54. The van der Waals surface area contributed by atoms with Crippen LogP contribution in [0.3, 0.4) is 0 Å². The molecule has 5 heteroatoms. The minimum Gasteiger partial charge on any atom is -0.497 e. The molecule has 0 radical (unpaired) electrons. The molecule has 1 amide bonds. The van der Waals surface area contributed by atoms with Crippen molar-refractivity contribution in [1.29, 1.82) is 0 Å². The molecule has 0 fully saturated rings. The zero-order chi connectivity index (χ0) is 15.4. The van der Waals surface area contributed by atoms with Crippen LogP contribution < -0.4 is 9.64 Å². The van der Waals surface area contributed by atoms with Crippen molar-refractivity contribution < 1.29 is 9.53 Å². The number of benzene rings is 2. The van der Waals surface area contributed by atoms with E-state index in [4.69, 9.17) is 16.3 Å². The van der Waals surface area contributed by atoms with Crippen molar-refractivity contribution in [2.45, 2.75) is 4.90 Å². The molecule has 2 aromatic rings. The molecule has 0 spiro atoms. The molecule has 0 heterocycles. The quantitative estimate of drug-likeness (QED) is 0.784. The van der Waals surface area contributed by atoms with E-state index < -0.39 is 0 Å². The summed E-state index contributed by atoms with van der Waals surface area (Å²) in [5, 5.41) is 0.457. The van der Waals surface area contributed by atoms with Crippen LogP contribution in [0.1, 0.15) is 10.4 Å². The van der Waals surface area contributed by atoms with Gasteiger partial charge in [0.25, 0.3) is 5.91 Å². The predicted molar refractivity (Wildman–Crippen MR) is 89.0 cm³/mol. The molecule has 2 aromatic carbocycles. The van der Waals surface area contributed by atoms with Gasteiger partial charge in [0, 0.05) is 17.6 Å². The third-order valence-electron chi connectivity index (χ3n) is 3.17. The average Bonchev–Trinajstić information content (AvgIpc) is 2.54. The zero-order valence-electron chi connectivity index (χ0n) is 12.1. The fourth-order valence-electron chi connectivity index (χ4n) is 1.90. The van der Waals surface area contributed by atoms with Crippen molar-refractivity contribution >= 4 is 35.0 Å². The number of hydrogen-bond donors (Lipinski definition) is 0. The molecule has 0 aromatic heterocycles. The van der Waals surface area contributed by atoms with Crippen LogP contribution >= 0.6 is 23.4 Å². The first-order chi connectivity index (χ1) is 10.1. The third-order valence-corrected chi connectivity index (χ3v) is 4.22. The van der Waals surface area contributed by atoms with Crippen LogP contribution in [0.25, 0.3) is 0 Å². The summed E-state index contributed by atoms with van der Waals surface area (Å²) < 4.78 is 5.12. The minimum absolute atomic E-state index is 0.138. The maximum Gasteiger partial charge on any atom is 0.259 e. The second-order valence-corrected chi connectivity index (χ2v) is 5.69. The molecule has 0 aliphatic rings. The summed E-state index contributed by atoms with van der Waals surface area (Å²) >= 11 is 7.73.